The zero-order valence-corrected chi connectivity index (χ0v) is 17.1. The number of amides is 1. The van der Waals surface area contributed by atoms with Crippen LogP contribution in [0.2, 0.25) is 0 Å². The van der Waals surface area contributed by atoms with Gasteiger partial charge in [0.25, 0.3) is 5.91 Å². The minimum absolute atomic E-state index is 0.0197. The molecular formula is C24H29NO3. The van der Waals surface area contributed by atoms with Crippen molar-refractivity contribution in [2.45, 2.75) is 64.5 Å². The Kier molecular flexibility index (Phi) is 5.87. The van der Waals surface area contributed by atoms with Crippen molar-refractivity contribution in [1.29, 1.82) is 0 Å². The Morgan fingerprint density at radius 3 is 2.43 bits per heavy atom. The maximum atomic E-state index is 12.6. The summed E-state index contributed by atoms with van der Waals surface area (Å²) in [5.41, 5.74) is 4.06. The van der Waals surface area contributed by atoms with Crippen LogP contribution >= 0.6 is 0 Å². The van der Waals surface area contributed by atoms with Crippen LogP contribution in [-0.4, -0.2) is 18.0 Å². The molecule has 1 aliphatic carbocycles. The molecule has 0 unspecified atom stereocenters. The number of fused-ring (bicyclic) bond motifs is 1. The molecule has 4 nitrogen and oxygen atoms in total. The van der Waals surface area contributed by atoms with Gasteiger partial charge in [-0.15, -0.1) is 0 Å². The number of hydrogen-bond acceptors (Lipinski definition) is 3. The molecule has 28 heavy (non-hydrogen) atoms. The Bertz CT molecular complexity index is 849. The molecule has 148 valence electrons. The van der Waals surface area contributed by atoms with Crippen LogP contribution in [0.15, 0.2) is 48.5 Å². The van der Waals surface area contributed by atoms with Crippen LogP contribution < -0.4 is 5.32 Å². The third-order valence-corrected chi connectivity index (χ3v) is 5.33. The first-order chi connectivity index (χ1) is 13.3. The first kappa shape index (κ1) is 20.1. The Morgan fingerprint density at radius 1 is 1.07 bits per heavy atom. The highest BCUT2D eigenvalue weighted by atomic mass is 16.5. The fourth-order valence-corrected chi connectivity index (χ4v) is 3.58. The molecule has 0 aliphatic heterocycles. The maximum Gasteiger partial charge on any atom is 0.338 e. The predicted octanol–water partition coefficient (Wildman–Crippen LogP) is 4.72. The van der Waals surface area contributed by atoms with Crippen molar-refractivity contribution in [2.75, 3.05) is 0 Å². The lowest BCUT2D eigenvalue weighted by Gasteiger charge is -2.27. The van der Waals surface area contributed by atoms with Gasteiger partial charge >= 0.3 is 5.97 Å². The van der Waals surface area contributed by atoms with Gasteiger partial charge in [-0.2, -0.15) is 0 Å². The lowest BCUT2D eigenvalue weighted by molar-refractivity contribution is -0.130. The standard InChI is InChI=1S/C24H29NO3/c1-16(28-23(27)18-12-14-19(15-13-18)24(2,3)4)22(26)25-21-11-7-9-17-8-5-6-10-20(17)21/h5-6,8,10,12-16,21H,7,9,11H2,1-4H3,(H,25,26)/t16-,21+/m0/s1. The normalized spacial score (nSPS) is 17.4. The van der Waals surface area contributed by atoms with Crippen LogP contribution in [0.4, 0.5) is 0 Å². The number of carbonyl (C=O) groups excluding carboxylic acids is 2. The molecule has 0 radical (unpaired) electrons. The minimum Gasteiger partial charge on any atom is -0.449 e. The summed E-state index contributed by atoms with van der Waals surface area (Å²) in [6, 6.07) is 15.5. The van der Waals surface area contributed by atoms with Crippen molar-refractivity contribution in [3.63, 3.8) is 0 Å². The van der Waals surface area contributed by atoms with E-state index in [4.69, 9.17) is 4.74 Å². The number of aryl methyl sites for hydroxylation is 1. The van der Waals surface area contributed by atoms with Crippen LogP contribution in [0.1, 0.15) is 73.6 Å². The monoisotopic (exact) mass is 379 g/mol. The summed E-state index contributed by atoms with van der Waals surface area (Å²) in [6.45, 7) is 7.98. The number of carbonyl (C=O) groups is 2. The van der Waals surface area contributed by atoms with Gasteiger partial charge in [0.2, 0.25) is 0 Å². The Hall–Kier alpha value is -2.62. The summed E-state index contributed by atoms with van der Waals surface area (Å²) < 4.78 is 5.40. The fourth-order valence-electron chi connectivity index (χ4n) is 3.58. The van der Waals surface area contributed by atoms with Gasteiger partial charge in [0.05, 0.1) is 11.6 Å². The molecule has 1 amide bonds. The molecule has 3 rings (SSSR count). The van der Waals surface area contributed by atoms with Gasteiger partial charge in [-0.3, -0.25) is 4.79 Å². The van der Waals surface area contributed by atoms with E-state index >= 15 is 0 Å². The second-order valence-electron chi connectivity index (χ2n) is 8.53. The van der Waals surface area contributed by atoms with Crippen molar-refractivity contribution in [3.8, 4) is 0 Å². The maximum absolute atomic E-state index is 12.6. The van der Waals surface area contributed by atoms with Gasteiger partial charge in [-0.1, -0.05) is 57.2 Å². The molecule has 2 atom stereocenters. The zero-order chi connectivity index (χ0) is 20.3. The van der Waals surface area contributed by atoms with E-state index < -0.39 is 12.1 Å². The largest absolute Gasteiger partial charge is 0.449 e. The number of ether oxygens (including phenoxy) is 1. The number of esters is 1. The molecule has 0 saturated carbocycles. The van der Waals surface area contributed by atoms with Crippen LogP contribution in [0.25, 0.3) is 0 Å². The first-order valence-electron chi connectivity index (χ1n) is 9.95. The van der Waals surface area contributed by atoms with Crippen molar-refractivity contribution in [2.24, 2.45) is 0 Å². The highest BCUT2D eigenvalue weighted by Gasteiger charge is 2.25. The second-order valence-corrected chi connectivity index (χ2v) is 8.53. The van der Waals surface area contributed by atoms with Crippen molar-refractivity contribution in [3.05, 3.63) is 70.8 Å². The first-order valence-corrected chi connectivity index (χ1v) is 9.95. The summed E-state index contributed by atoms with van der Waals surface area (Å²) in [7, 11) is 0. The smallest absolute Gasteiger partial charge is 0.338 e. The van der Waals surface area contributed by atoms with E-state index in [1.54, 1.807) is 19.1 Å². The van der Waals surface area contributed by atoms with Gasteiger partial charge in [-0.05, 0) is 60.4 Å². The van der Waals surface area contributed by atoms with Crippen molar-refractivity contribution in [1.82, 2.24) is 5.32 Å². The predicted molar refractivity (Wildman–Crippen MR) is 110 cm³/mol. The highest BCUT2D eigenvalue weighted by molar-refractivity contribution is 5.92. The van der Waals surface area contributed by atoms with Gasteiger partial charge < -0.3 is 10.1 Å². The molecule has 0 aromatic heterocycles. The number of hydrogen-bond donors (Lipinski definition) is 1. The summed E-state index contributed by atoms with van der Waals surface area (Å²) in [5.74, 6) is -0.742. The molecule has 1 aliphatic rings. The molecule has 0 saturated heterocycles. The van der Waals surface area contributed by atoms with E-state index in [-0.39, 0.29) is 17.4 Å². The van der Waals surface area contributed by atoms with E-state index in [0.29, 0.717) is 5.56 Å². The molecule has 0 heterocycles. The van der Waals surface area contributed by atoms with Crippen LogP contribution in [-0.2, 0) is 21.4 Å². The molecule has 2 aromatic rings. The molecule has 0 spiro atoms. The minimum atomic E-state index is -0.844. The van der Waals surface area contributed by atoms with Crippen molar-refractivity contribution < 1.29 is 14.3 Å². The Labute approximate surface area is 167 Å². The molecule has 0 bridgehead atoms. The Morgan fingerprint density at radius 2 is 1.75 bits per heavy atom. The van der Waals surface area contributed by atoms with Gasteiger partial charge in [0.1, 0.15) is 0 Å². The van der Waals surface area contributed by atoms with E-state index in [2.05, 4.69) is 38.2 Å². The van der Waals surface area contributed by atoms with Crippen LogP contribution in [0.3, 0.4) is 0 Å². The second kappa shape index (κ2) is 8.17. The summed E-state index contributed by atoms with van der Waals surface area (Å²) >= 11 is 0. The molecule has 4 heteroatoms. The average Bonchev–Trinajstić information content (AvgIpc) is 2.67. The topological polar surface area (TPSA) is 55.4 Å². The SMILES string of the molecule is C[C@H](OC(=O)c1ccc(C(C)(C)C)cc1)C(=O)N[C@@H]1CCCc2ccccc21. The van der Waals surface area contributed by atoms with Crippen LogP contribution in [0, 0.1) is 0 Å². The summed E-state index contributed by atoms with van der Waals surface area (Å²) in [6.07, 6.45) is 2.13. The number of benzene rings is 2. The zero-order valence-electron chi connectivity index (χ0n) is 17.1. The number of rotatable bonds is 4. The summed E-state index contributed by atoms with van der Waals surface area (Å²) in [5, 5.41) is 3.04. The molecule has 2 aromatic carbocycles. The van der Waals surface area contributed by atoms with Gasteiger partial charge in [0, 0.05) is 0 Å². The number of nitrogens with one attached hydrogen (secondary N) is 1. The van der Waals surface area contributed by atoms with E-state index in [9.17, 15) is 9.59 Å². The molecule has 0 fully saturated rings. The Balaban J connectivity index is 1.61. The fraction of sp³-hybridized carbons (Fsp3) is 0.417. The average molecular weight is 380 g/mol. The highest BCUT2D eigenvalue weighted by Crippen LogP contribution is 2.29. The third kappa shape index (κ3) is 4.61. The summed E-state index contributed by atoms with van der Waals surface area (Å²) in [4.78, 5) is 25.0. The molecular weight excluding hydrogens is 350 g/mol. The lowest BCUT2D eigenvalue weighted by Crippen LogP contribution is -2.39. The van der Waals surface area contributed by atoms with E-state index in [1.165, 1.54) is 11.1 Å². The quantitative estimate of drug-likeness (QED) is 0.782. The van der Waals surface area contributed by atoms with Crippen molar-refractivity contribution >= 4 is 11.9 Å². The van der Waals surface area contributed by atoms with E-state index in [0.717, 1.165) is 24.8 Å². The van der Waals surface area contributed by atoms with Gasteiger partial charge in [-0.25, -0.2) is 4.79 Å². The van der Waals surface area contributed by atoms with Gasteiger partial charge in [0.15, 0.2) is 6.10 Å². The molecule has 1 N–H and O–H groups in total. The van der Waals surface area contributed by atoms with E-state index in [1.807, 2.05) is 24.3 Å². The third-order valence-electron chi connectivity index (χ3n) is 5.33. The lowest BCUT2D eigenvalue weighted by atomic mass is 9.87. The van der Waals surface area contributed by atoms with Crippen LogP contribution in [0.5, 0.6) is 0 Å².